The maximum absolute atomic E-state index is 13.3. The number of hydrogen-bond acceptors (Lipinski definition) is 3. The highest BCUT2D eigenvalue weighted by Crippen LogP contribution is 2.22. The molecule has 0 bridgehead atoms. The molecule has 0 heterocycles. The maximum Gasteiger partial charge on any atom is 0.241 e. The summed E-state index contributed by atoms with van der Waals surface area (Å²) in [6.07, 6.45) is 0. The van der Waals surface area contributed by atoms with Gasteiger partial charge < -0.3 is 10.1 Å². The minimum Gasteiger partial charge on any atom is -0.497 e. The zero-order valence-corrected chi connectivity index (χ0v) is 15.7. The molecule has 0 spiro atoms. The molecule has 0 unspecified atom stereocenters. The largest absolute Gasteiger partial charge is 0.497 e. The fourth-order valence-electron chi connectivity index (χ4n) is 2.94. The van der Waals surface area contributed by atoms with Crippen molar-refractivity contribution in [2.45, 2.75) is 19.5 Å². The number of fused-ring (bicyclic) bond motifs is 1. The summed E-state index contributed by atoms with van der Waals surface area (Å²) in [5.41, 5.74) is 1.57. The molecule has 27 heavy (non-hydrogen) atoms. The van der Waals surface area contributed by atoms with Gasteiger partial charge in [-0.05, 0) is 66.7 Å². The number of amides is 1. The van der Waals surface area contributed by atoms with Gasteiger partial charge in [0.05, 0.1) is 13.2 Å². The molecule has 1 atom stereocenters. The van der Waals surface area contributed by atoms with Gasteiger partial charge in [0.1, 0.15) is 11.6 Å². The van der Waals surface area contributed by atoms with E-state index in [1.165, 1.54) is 12.1 Å². The van der Waals surface area contributed by atoms with E-state index in [9.17, 15) is 9.18 Å². The second kappa shape index (κ2) is 8.18. The summed E-state index contributed by atoms with van der Waals surface area (Å²) in [5, 5.41) is 4.99. The van der Waals surface area contributed by atoms with Gasteiger partial charge in [-0.3, -0.25) is 9.69 Å². The van der Waals surface area contributed by atoms with Crippen LogP contribution < -0.4 is 10.1 Å². The monoisotopic (exact) mass is 366 g/mol. The number of carbonyl (C=O) groups excluding carboxylic acids is 1. The summed E-state index contributed by atoms with van der Waals surface area (Å²) in [4.78, 5) is 14.4. The third-order valence-corrected chi connectivity index (χ3v) is 4.68. The molecule has 3 aromatic rings. The number of rotatable bonds is 6. The molecule has 0 radical (unpaired) electrons. The van der Waals surface area contributed by atoms with Gasteiger partial charge in [0.2, 0.25) is 5.91 Å². The first-order valence-electron chi connectivity index (χ1n) is 8.79. The molecular formula is C22H23FN2O2. The Morgan fingerprint density at radius 3 is 2.59 bits per heavy atom. The molecule has 0 aliphatic carbocycles. The highest BCUT2D eigenvalue weighted by molar-refractivity contribution is 5.94. The van der Waals surface area contributed by atoms with Crippen molar-refractivity contribution in [1.82, 2.24) is 4.90 Å². The number of nitrogens with one attached hydrogen (secondary N) is 1. The average Bonchev–Trinajstić information content (AvgIpc) is 2.66. The van der Waals surface area contributed by atoms with Crippen LogP contribution in [0.15, 0.2) is 60.7 Å². The molecule has 0 aliphatic heterocycles. The topological polar surface area (TPSA) is 41.6 Å². The molecule has 5 heteroatoms. The Morgan fingerprint density at radius 1 is 1.11 bits per heavy atom. The highest BCUT2D eigenvalue weighted by Gasteiger charge is 2.18. The van der Waals surface area contributed by atoms with Crippen molar-refractivity contribution < 1.29 is 13.9 Å². The highest BCUT2D eigenvalue weighted by atomic mass is 19.1. The first-order valence-corrected chi connectivity index (χ1v) is 8.79. The Kier molecular flexibility index (Phi) is 5.72. The van der Waals surface area contributed by atoms with Gasteiger partial charge >= 0.3 is 0 Å². The minimum absolute atomic E-state index is 0.173. The molecule has 0 aliphatic rings. The van der Waals surface area contributed by atoms with Crippen LogP contribution in [0.25, 0.3) is 10.8 Å². The van der Waals surface area contributed by atoms with Gasteiger partial charge in [0.15, 0.2) is 0 Å². The smallest absolute Gasteiger partial charge is 0.241 e. The fourth-order valence-corrected chi connectivity index (χ4v) is 2.94. The van der Waals surface area contributed by atoms with E-state index < -0.39 is 0 Å². The van der Waals surface area contributed by atoms with E-state index in [1.807, 2.05) is 37.1 Å². The van der Waals surface area contributed by atoms with Crippen LogP contribution >= 0.6 is 0 Å². The maximum atomic E-state index is 13.3. The lowest BCUT2D eigenvalue weighted by atomic mass is 10.1. The predicted molar refractivity (Wildman–Crippen MR) is 106 cm³/mol. The van der Waals surface area contributed by atoms with E-state index in [2.05, 4.69) is 23.5 Å². The average molecular weight is 366 g/mol. The van der Waals surface area contributed by atoms with Crippen molar-refractivity contribution in [3.05, 3.63) is 72.0 Å². The molecule has 140 valence electrons. The molecule has 0 saturated carbocycles. The van der Waals surface area contributed by atoms with Crippen molar-refractivity contribution in [3.8, 4) is 5.75 Å². The Labute approximate surface area is 158 Å². The van der Waals surface area contributed by atoms with Crippen LogP contribution in [-0.4, -0.2) is 31.0 Å². The van der Waals surface area contributed by atoms with Gasteiger partial charge in [-0.1, -0.05) is 24.3 Å². The summed E-state index contributed by atoms with van der Waals surface area (Å²) in [5.74, 6) is 0.283. The van der Waals surface area contributed by atoms with Crippen molar-refractivity contribution in [1.29, 1.82) is 0 Å². The Morgan fingerprint density at radius 2 is 1.85 bits per heavy atom. The molecule has 0 saturated heterocycles. The Balaban J connectivity index is 1.67. The number of ether oxygens (including phenoxy) is 1. The Bertz CT molecular complexity index is 958. The number of methoxy groups -OCH3 is 1. The number of carbonyl (C=O) groups is 1. The van der Waals surface area contributed by atoms with Crippen molar-refractivity contribution in [2.24, 2.45) is 0 Å². The summed E-state index contributed by atoms with van der Waals surface area (Å²) < 4.78 is 18.5. The molecule has 3 aromatic carbocycles. The standard InChI is InChI=1S/C22H23FN2O2/c1-15(22(26)24-20-6-4-5-19(23)13-20)25(2)14-16-7-8-18-12-21(27-3)10-9-17(18)11-16/h4-13,15H,14H2,1-3H3,(H,24,26)/t15-/m0/s1. The van der Waals surface area contributed by atoms with Gasteiger partial charge in [-0.15, -0.1) is 0 Å². The van der Waals surface area contributed by atoms with Crippen LogP contribution in [-0.2, 0) is 11.3 Å². The minimum atomic E-state index is -0.374. The lowest BCUT2D eigenvalue weighted by Gasteiger charge is -2.24. The molecule has 0 aromatic heterocycles. The van der Waals surface area contributed by atoms with E-state index in [0.717, 1.165) is 22.1 Å². The van der Waals surface area contributed by atoms with Crippen LogP contribution in [0.3, 0.4) is 0 Å². The zero-order valence-electron chi connectivity index (χ0n) is 15.7. The van der Waals surface area contributed by atoms with Crippen molar-refractivity contribution in [2.75, 3.05) is 19.5 Å². The third-order valence-electron chi connectivity index (χ3n) is 4.68. The molecule has 1 amide bonds. The van der Waals surface area contributed by atoms with E-state index >= 15 is 0 Å². The zero-order chi connectivity index (χ0) is 19.4. The molecule has 3 rings (SSSR count). The van der Waals surface area contributed by atoms with Gasteiger partial charge in [-0.25, -0.2) is 4.39 Å². The summed E-state index contributed by atoms with van der Waals surface area (Å²) >= 11 is 0. The molecule has 1 N–H and O–H groups in total. The SMILES string of the molecule is COc1ccc2cc(CN(C)[C@@H](C)C(=O)Nc3cccc(F)c3)ccc2c1. The lowest BCUT2D eigenvalue weighted by molar-refractivity contribution is -0.120. The van der Waals surface area contributed by atoms with Crippen LogP contribution in [0.2, 0.25) is 0 Å². The van der Waals surface area contributed by atoms with Gasteiger partial charge in [0, 0.05) is 12.2 Å². The van der Waals surface area contributed by atoms with Crippen molar-refractivity contribution >= 4 is 22.4 Å². The first-order chi connectivity index (χ1) is 13.0. The number of nitrogens with zero attached hydrogens (tertiary/aromatic N) is 1. The normalized spacial score (nSPS) is 12.2. The fraction of sp³-hybridized carbons (Fsp3) is 0.227. The van der Waals surface area contributed by atoms with Gasteiger partial charge in [-0.2, -0.15) is 0 Å². The lowest BCUT2D eigenvalue weighted by Crippen LogP contribution is -2.39. The van der Waals surface area contributed by atoms with E-state index in [0.29, 0.717) is 12.2 Å². The molecule has 4 nitrogen and oxygen atoms in total. The van der Waals surface area contributed by atoms with Crippen LogP contribution in [0.5, 0.6) is 5.75 Å². The van der Waals surface area contributed by atoms with E-state index in [1.54, 1.807) is 19.2 Å². The number of halogens is 1. The summed E-state index contributed by atoms with van der Waals surface area (Å²) in [6.45, 7) is 2.46. The quantitative estimate of drug-likeness (QED) is 0.701. The van der Waals surface area contributed by atoms with Crippen LogP contribution in [0.4, 0.5) is 10.1 Å². The number of hydrogen-bond donors (Lipinski definition) is 1. The predicted octanol–water partition coefficient (Wildman–Crippen LogP) is 4.45. The van der Waals surface area contributed by atoms with Gasteiger partial charge in [0.25, 0.3) is 0 Å². The van der Waals surface area contributed by atoms with Crippen LogP contribution in [0.1, 0.15) is 12.5 Å². The number of anilines is 1. The Hall–Kier alpha value is -2.92. The summed E-state index contributed by atoms with van der Waals surface area (Å²) in [7, 11) is 3.55. The third kappa shape index (κ3) is 4.63. The summed E-state index contributed by atoms with van der Waals surface area (Å²) in [6, 6.07) is 17.7. The van der Waals surface area contributed by atoms with Crippen molar-refractivity contribution in [3.63, 3.8) is 0 Å². The molecule has 0 fully saturated rings. The second-order valence-electron chi connectivity index (χ2n) is 6.64. The van der Waals surface area contributed by atoms with E-state index in [4.69, 9.17) is 4.74 Å². The number of likely N-dealkylation sites (N-methyl/N-ethyl adjacent to an activating group) is 1. The second-order valence-corrected chi connectivity index (χ2v) is 6.64. The molecular weight excluding hydrogens is 343 g/mol. The first kappa shape index (κ1) is 18.9. The van der Waals surface area contributed by atoms with E-state index in [-0.39, 0.29) is 17.8 Å². The van der Waals surface area contributed by atoms with Crippen LogP contribution in [0, 0.1) is 5.82 Å². The number of benzene rings is 3.